The van der Waals surface area contributed by atoms with E-state index < -0.39 is 38.9 Å². The van der Waals surface area contributed by atoms with Crippen LogP contribution in [0.3, 0.4) is 0 Å². The van der Waals surface area contributed by atoms with Crippen LogP contribution in [0, 0.1) is 0 Å². The predicted molar refractivity (Wildman–Crippen MR) is 160 cm³/mol. The van der Waals surface area contributed by atoms with Gasteiger partial charge in [0.15, 0.2) is 0 Å². The molecule has 41 heavy (non-hydrogen) atoms. The summed E-state index contributed by atoms with van der Waals surface area (Å²) in [7, 11) is 0. The van der Waals surface area contributed by atoms with Gasteiger partial charge in [-0.2, -0.15) is 0 Å². The Bertz CT molecular complexity index is 1120. The summed E-state index contributed by atoms with van der Waals surface area (Å²) >= 11 is 18.3. The number of halogens is 3. The molecule has 1 aromatic rings. The van der Waals surface area contributed by atoms with Crippen molar-refractivity contribution in [3.63, 3.8) is 0 Å². The summed E-state index contributed by atoms with van der Waals surface area (Å²) in [5.74, 6) is -1.97. The van der Waals surface area contributed by atoms with Crippen molar-refractivity contribution in [3.05, 3.63) is 34.0 Å². The first-order valence-corrected chi connectivity index (χ1v) is 15.2. The van der Waals surface area contributed by atoms with Crippen LogP contribution < -0.4 is 0 Å². The monoisotopic (exact) mass is 652 g/mol. The first-order valence-electron chi connectivity index (χ1n) is 13.2. The molecule has 0 N–H and O–H groups in total. The first kappa shape index (κ1) is 35.3. The van der Waals surface area contributed by atoms with E-state index in [0.717, 1.165) is 10.4 Å². The van der Waals surface area contributed by atoms with E-state index >= 15 is 0 Å². The Balaban J connectivity index is 2.16. The maximum Gasteiger partial charge on any atom is 0.348 e. The molecule has 1 aliphatic heterocycles. The average molecular weight is 654 g/mol. The van der Waals surface area contributed by atoms with Crippen LogP contribution in [-0.4, -0.2) is 80.9 Å². The summed E-state index contributed by atoms with van der Waals surface area (Å²) in [5.41, 5.74) is -0.472. The number of alkyl halides is 3. The van der Waals surface area contributed by atoms with E-state index in [2.05, 4.69) is 6.58 Å². The minimum atomic E-state index is -1.70. The normalized spacial score (nSPS) is 15.0. The second kappa shape index (κ2) is 14.6. The molecule has 1 aromatic heterocycles. The SMILES string of the molecule is C=CCN(C(=O)CN1CCc2cc(C(=O)OCC(Cl)(Cl)Cl)sc2C1)[C@@H](CCC(=O)OC(C)(C)C)C(=O)OC(C)(C)C. The molecular formula is C28H39Cl3N2O7S. The number of carbonyl (C=O) groups excluding carboxylic acids is 4. The van der Waals surface area contributed by atoms with Crippen molar-refractivity contribution in [3.8, 4) is 0 Å². The fraction of sp³-hybridized carbons (Fsp3) is 0.643. The largest absolute Gasteiger partial charge is 0.460 e. The Morgan fingerprint density at radius 1 is 1.10 bits per heavy atom. The van der Waals surface area contributed by atoms with E-state index in [0.29, 0.717) is 24.4 Å². The molecule has 0 radical (unpaired) electrons. The Morgan fingerprint density at radius 3 is 2.29 bits per heavy atom. The van der Waals surface area contributed by atoms with Gasteiger partial charge in [-0.15, -0.1) is 17.9 Å². The molecule has 0 saturated carbocycles. The van der Waals surface area contributed by atoms with E-state index in [-0.39, 0.29) is 38.4 Å². The molecule has 2 heterocycles. The number of esters is 3. The molecule has 9 nitrogen and oxygen atoms in total. The highest BCUT2D eigenvalue weighted by molar-refractivity contribution is 7.14. The molecule has 1 aliphatic rings. The van der Waals surface area contributed by atoms with Crippen LogP contribution in [-0.2, 0) is 41.6 Å². The maximum atomic E-state index is 13.6. The summed E-state index contributed by atoms with van der Waals surface area (Å²) in [5, 5.41) is 0. The van der Waals surface area contributed by atoms with Gasteiger partial charge < -0.3 is 19.1 Å². The molecule has 1 atom stereocenters. The topological polar surface area (TPSA) is 102 Å². The number of fused-ring (bicyclic) bond motifs is 1. The van der Waals surface area contributed by atoms with Crippen molar-refractivity contribution in [1.29, 1.82) is 0 Å². The van der Waals surface area contributed by atoms with Gasteiger partial charge in [0.05, 0.1) is 6.54 Å². The number of hydrogen-bond acceptors (Lipinski definition) is 9. The number of nitrogens with zero attached hydrogens (tertiary/aromatic N) is 2. The number of ether oxygens (including phenoxy) is 3. The predicted octanol–water partition coefficient (Wildman–Crippen LogP) is 5.48. The van der Waals surface area contributed by atoms with Gasteiger partial charge in [0.2, 0.25) is 9.70 Å². The molecule has 0 aliphatic carbocycles. The van der Waals surface area contributed by atoms with E-state index in [1.165, 1.54) is 22.3 Å². The number of thiophene rings is 1. The highest BCUT2D eigenvalue weighted by Gasteiger charge is 2.35. The maximum absolute atomic E-state index is 13.6. The summed E-state index contributed by atoms with van der Waals surface area (Å²) in [6, 6.07) is 0.757. The van der Waals surface area contributed by atoms with Crippen molar-refractivity contribution in [1.82, 2.24) is 9.80 Å². The van der Waals surface area contributed by atoms with Crippen molar-refractivity contribution < 1.29 is 33.4 Å². The Labute approximate surface area is 261 Å². The van der Waals surface area contributed by atoms with E-state index in [4.69, 9.17) is 49.0 Å². The van der Waals surface area contributed by atoms with Gasteiger partial charge >= 0.3 is 17.9 Å². The van der Waals surface area contributed by atoms with E-state index in [1.54, 1.807) is 47.6 Å². The number of amides is 1. The fourth-order valence-electron chi connectivity index (χ4n) is 4.07. The smallest absolute Gasteiger partial charge is 0.348 e. The van der Waals surface area contributed by atoms with Crippen LogP contribution >= 0.6 is 46.1 Å². The lowest BCUT2D eigenvalue weighted by Crippen LogP contribution is -2.51. The molecule has 13 heteroatoms. The van der Waals surface area contributed by atoms with E-state index in [9.17, 15) is 19.2 Å². The van der Waals surface area contributed by atoms with Gasteiger partial charge in [0.25, 0.3) is 0 Å². The zero-order valence-electron chi connectivity index (χ0n) is 24.4. The molecule has 2 rings (SSSR count). The van der Waals surface area contributed by atoms with Gasteiger partial charge in [-0.3, -0.25) is 14.5 Å². The quantitative estimate of drug-likeness (QED) is 0.134. The molecule has 0 spiro atoms. The van der Waals surface area contributed by atoms with Crippen LogP contribution in [0.4, 0.5) is 0 Å². The number of rotatable bonds is 11. The lowest BCUT2D eigenvalue weighted by Gasteiger charge is -2.34. The van der Waals surface area contributed by atoms with Crippen LogP contribution in [0.2, 0.25) is 0 Å². The molecular weight excluding hydrogens is 615 g/mol. The Kier molecular flexibility index (Phi) is 12.5. The third kappa shape index (κ3) is 12.5. The second-order valence-electron chi connectivity index (χ2n) is 11.7. The molecule has 0 unspecified atom stereocenters. The zero-order chi connectivity index (χ0) is 31.2. The number of hydrogen-bond donors (Lipinski definition) is 0. The Hall–Kier alpha value is -1.85. The van der Waals surface area contributed by atoms with E-state index in [1.807, 2.05) is 4.90 Å². The van der Waals surface area contributed by atoms with Crippen LogP contribution in [0.5, 0.6) is 0 Å². The molecule has 1 amide bonds. The van der Waals surface area contributed by atoms with Crippen LogP contribution in [0.15, 0.2) is 18.7 Å². The van der Waals surface area contributed by atoms with Gasteiger partial charge in [-0.1, -0.05) is 40.9 Å². The van der Waals surface area contributed by atoms with Gasteiger partial charge in [-0.05, 0) is 66.0 Å². The first-order chi connectivity index (χ1) is 18.8. The molecule has 230 valence electrons. The zero-order valence-corrected chi connectivity index (χ0v) is 27.5. The van der Waals surface area contributed by atoms with Crippen LogP contribution in [0.1, 0.15) is 74.5 Å². The summed E-state index contributed by atoms with van der Waals surface area (Å²) in [6.45, 7) is 15.0. The molecule has 0 fully saturated rings. The van der Waals surface area contributed by atoms with Gasteiger partial charge in [0, 0.05) is 30.9 Å². The Morgan fingerprint density at radius 2 is 1.73 bits per heavy atom. The lowest BCUT2D eigenvalue weighted by molar-refractivity contribution is -0.166. The van der Waals surface area contributed by atoms with Crippen molar-refractivity contribution in [2.24, 2.45) is 0 Å². The second-order valence-corrected chi connectivity index (χ2v) is 15.4. The van der Waals surface area contributed by atoms with Gasteiger partial charge in [0.1, 0.15) is 28.7 Å². The minimum Gasteiger partial charge on any atom is -0.460 e. The van der Waals surface area contributed by atoms with Gasteiger partial charge in [-0.25, -0.2) is 9.59 Å². The molecule has 0 saturated heterocycles. The highest BCUT2D eigenvalue weighted by Crippen LogP contribution is 2.31. The number of carbonyl (C=O) groups is 4. The third-order valence-corrected chi connectivity index (χ3v) is 7.10. The summed E-state index contributed by atoms with van der Waals surface area (Å²) < 4.78 is 14.4. The minimum absolute atomic E-state index is 0.0178. The average Bonchev–Trinajstić information content (AvgIpc) is 3.22. The van der Waals surface area contributed by atoms with Crippen LogP contribution in [0.25, 0.3) is 0 Å². The van der Waals surface area contributed by atoms with Crippen molar-refractivity contribution >= 4 is 70.0 Å². The molecule has 0 aromatic carbocycles. The third-order valence-electron chi connectivity index (χ3n) is 5.63. The highest BCUT2D eigenvalue weighted by atomic mass is 35.6. The van der Waals surface area contributed by atoms with Crippen molar-refractivity contribution in [2.45, 2.75) is 88.4 Å². The van der Waals surface area contributed by atoms with Crippen molar-refractivity contribution in [2.75, 3.05) is 26.2 Å². The summed E-state index contributed by atoms with van der Waals surface area (Å²) in [6.07, 6.45) is 2.12. The fourth-order valence-corrected chi connectivity index (χ4v) is 5.38. The molecule has 0 bridgehead atoms. The summed E-state index contributed by atoms with van der Waals surface area (Å²) in [4.78, 5) is 56.3. The standard InChI is InChI=1S/C28H39Cl3N2O7S/c1-8-12-33(19(24(36)40-27(5,6)7)9-10-23(35)39-26(2,3)4)22(34)16-32-13-11-18-14-20(41-21(18)15-32)25(37)38-17-28(29,30)31/h8,14,19H,1,9-13,15-17H2,2-7H3/t19-/m0/s1. The lowest BCUT2D eigenvalue weighted by atomic mass is 10.1.